The van der Waals surface area contributed by atoms with E-state index in [0.717, 1.165) is 49.6 Å². The predicted octanol–water partition coefficient (Wildman–Crippen LogP) is 1.48. The summed E-state index contributed by atoms with van der Waals surface area (Å²) in [6, 6.07) is 0. The van der Waals surface area contributed by atoms with Crippen LogP contribution >= 0.6 is 0 Å². The third kappa shape index (κ3) is 3.23. The van der Waals surface area contributed by atoms with Gasteiger partial charge in [-0.05, 0) is 18.9 Å². The Morgan fingerprint density at radius 1 is 1.52 bits per heavy atom. The van der Waals surface area contributed by atoms with Gasteiger partial charge in [0.1, 0.15) is 5.82 Å². The maximum atomic E-state index is 12.2. The maximum absolute atomic E-state index is 12.2. The molecule has 1 aromatic rings. The molecule has 3 rings (SSSR count). The zero-order valence-corrected chi connectivity index (χ0v) is 12.9. The van der Waals surface area contributed by atoms with E-state index in [0.29, 0.717) is 24.8 Å². The second-order valence-electron chi connectivity index (χ2n) is 6.55. The fourth-order valence-electron chi connectivity index (χ4n) is 3.09. The van der Waals surface area contributed by atoms with E-state index in [-0.39, 0.29) is 5.91 Å². The van der Waals surface area contributed by atoms with Gasteiger partial charge in [0, 0.05) is 50.2 Å². The number of nitrogens with one attached hydrogen (secondary N) is 1. The zero-order valence-electron chi connectivity index (χ0n) is 12.9. The van der Waals surface area contributed by atoms with Gasteiger partial charge in [-0.25, -0.2) is 9.97 Å². The summed E-state index contributed by atoms with van der Waals surface area (Å²) in [7, 11) is 0. The molecule has 1 aromatic heterocycles. The Kier molecular flexibility index (Phi) is 4.19. The van der Waals surface area contributed by atoms with E-state index >= 15 is 0 Å². The van der Waals surface area contributed by atoms with Crippen LogP contribution in [0.15, 0.2) is 6.20 Å². The Labute approximate surface area is 126 Å². The van der Waals surface area contributed by atoms with Crippen LogP contribution in [0.1, 0.15) is 49.7 Å². The van der Waals surface area contributed by atoms with Gasteiger partial charge < -0.3 is 10.2 Å². The van der Waals surface area contributed by atoms with Crippen molar-refractivity contribution in [3.63, 3.8) is 0 Å². The number of amides is 1. The van der Waals surface area contributed by atoms with Crippen molar-refractivity contribution in [2.75, 3.05) is 19.6 Å². The average molecular weight is 288 g/mol. The third-order valence-electron chi connectivity index (χ3n) is 4.31. The highest BCUT2D eigenvalue weighted by molar-refractivity contribution is 5.76. The summed E-state index contributed by atoms with van der Waals surface area (Å²) >= 11 is 0. The molecule has 0 unspecified atom stereocenters. The first-order valence-electron chi connectivity index (χ1n) is 7.96. The molecule has 1 atom stereocenters. The van der Waals surface area contributed by atoms with Gasteiger partial charge in [0.15, 0.2) is 0 Å². The molecule has 3 heterocycles. The van der Waals surface area contributed by atoms with Crippen LogP contribution in [0.25, 0.3) is 0 Å². The van der Waals surface area contributed by atoms with Crippen LogP contribution in [0.5, 0.6) is 0 Å². The van der Waals surface area contributed by atoms with Crippen LogP contribution < -0.4 is 5.32 Å². The first-order chi connectivity index (χ1) is 10.1. The molecule has 0 aromatic carbocycles. The van der Waals surface area contributed by atoms with E-state index in [1.807, 2.05) is 11.1 Å². The van der Waals surface area contributed by atoms with Crippen molar-refractivity contribution >= 4 is 5.91 Å². The van der Waals surface area contributed by atoms with E-state index in [4.69, 9.17) is 4.98 Å². The molecule has 21 heavy (non-hydrogen) atoms. The van der Waals surface area contributed by atoms with E-state index < -0.39 is 0 Å². The molecular formula is C16H24N4O. The molecule has 0 aliphatic carbocycles. The Morgan fingerprint density at radius 2 is 2.38 bits per heavy atom. The number of hydrogen-bond acceptors (Lipinski definition) is 4. The minimum atomic E-state index is 0.250. The van der Waals surface area contributed by atoms with Gasteiger partial charge >= 0.3 is 0 Å². The first kappa shape index (κ1) is 14.4. The molecule has 5 nitrogen and oxygen atoms in total. The highest BCUT2D eigenvalue weighted by atomic mass is 16.2. The summed E-state index contributed by atoms with van der Waals surface area (Å²) in [5.41, 5.74) is 2.26. The van der Waals surface area contributed by atoms with Crippen molar-refractivity contribution in [1.29, 1.82) is 0 Å². The van der Waals surface area contributed by atoms with Gasteiger partial charge in [0.25, 0.3) is 0 Å². The summed E-state index contributed by atoms with van der Waals surface area (Å²) in [5.74, 6) is 2.09. The number of nitrogens with zero attached hydrogens (tertiary/aromatic N) is 3. The second-order valence-corrected chi connectivity index (χ2v) is 6.55. The minimum absolute atomic E-state index is 0.250. The van der Waals surface area contributed by atoms with Crippen LogP contribution in [0.3, 0.4) is 0 Å². The topological polar surface area (TPSA) is 58.1 Å². The molecule has 0 saturated carbocycles. The number of fused-ring (bicyclic) bond motifs is 1. The molecule has 0 bridgehead atoms. The van der Waals surface area contributed by atoms with Crippen LogP contribution in [0.4, 0.5) is 0 Å². The molecule has 1 fully saturated rings. The smallest absolute Gasteiger partial charge is 0.223 e. The molecule has 1 saturated heterocycles. The summed E-state index contributed by atoms with van der Waals surface area (Å²) in [5, 5.41) is 3.36. The molecule has 2 aliphatic heterocycles. The summed E-state index contributed by atoms with van der Waals surface area (Å²) < 4.78 is 0. The number of hydrogen-bond donors (Lipinski definition) is 1. The van der Waals surface area contributed by atoms with E-state index in [1.54, 1.807) is 0 Å². The normalized spacial score (nSPS) is 21.7. The highest BCUT2D eigenvalue weighted by Gasteiger charge is 2.25. The van der Waals surface area contributed by atoms with E-state index in [2.05, 4.69) is 24.1 Å². The first-order valence-corrected chi connectivity index (χ1v) is 7.96. The van der Waals surface area contributed by atoms with Crippen molar-refractivity contribution < 1.29 is 4.79 Å². The second kappa shape index (κ2) is 6.10. The van der Waals surface area contributed by atoms with Gasteiger partial charge in [-0.3, -0.25) is 4.79 Å². The van der Waals surface area contributed by atoms with Crippen LogP contribution in [-0.4, -0.2) is 40.4 Å². The monoisotopic (exact) mass is 288 g/mol. The molecule has 5 heteroatoms. The number of carbonyl (C=O) groups excluding carboxylic acids is 1. The van der Waals surface area contributed by atoms with Gasteiger partial charge in [-0.1, -0.05) is 13.8 Å². The lowest BCUT2D eigenvalue weighted by Gasteiger charge is -2.29. The summed E-state index contributed by atoms with van der Waals surface area (Å²) in [4.78, 5) is 23.4. The lowest BCUT2D eigenvalue weighted by molar-refractivity contribution is -0.132. The lowest BCUT2D eigenvalue weighted by Crippen LogP contribution is -2.37. The van der Waals surface area contributed by atoms with Crippen LogP contribution in [0, 0.1) is 5.92 Å². The van der Waals surface area contributed by atoms with Crippen LogP contribution in [0.2, 0.25) is 0 Å². The lowest BCUT2D eigenvalue weighted by atomic mass is 10.0. The Morgan fingerprint density at radius 3 is 3.10 bits per heavy atom. The molecule has 0 spiro atoms. The van der Waals surface area contributed by atoms with Crippen molar-refractivity contribution in [2.24, 2.45) is 5.92 Å². The average Bonchev–Trinajstić information content (AvgIpc) is 2.99. The molecular weight excluding hydrogens is 264 g/mol. The third-order valence-corrected chi connectivity index (χ3v) is 4.31. The fraction of sp³-hybridized carbons (Fsp3) is 0.688. The fourth-order valence-corrected chi connectivity index (χ4v) is 3.09. The van der Waals surface area contributed by atoms with Crippen molar-refractivity contribution in [3.8, 4) is 0 Å². The van der Waals surface area contributed by atoms with Gasteiger partial charge in [-0.15, -0.1) is 0 Å². The maximum Gasteiger partial charge on any atom is 0.223 e. The van der Waals surface area contributed by atoms with Gasteiger partial charge in [-0.2, -0.15) is 0 Å². The van der Waals surface area contributed by atoms with Crippen molar-refractivity contribution in [3.05, 3.63) is 23.3 Å². The largest absolute Gasteiger partial charge is 0.338 e. The number of aromatic nitrogens is 2. The Balaban J connectivity index is 1.70. The molecule has 114 valence electrons. The SMILES string of the molecule is CC(C)CC(=O)N1CCc2nc([C@@H]3CCNC3)ncc2C1. The van der Waals surface area contributed by atoms with E-state index in [1.165, 1.54) is 0 Å². The van der Waals surface area contributed by atoms with Gasteiger partial charge in [0.05, 0.1) is 5.69 Å². The molecule has 1 N–H and O–H groups in total. The van der Waals surface area contributed by atoms with Crippen molar-refractivity contribution in [1.82, 2.24) is 20.2 Å². The quantitative estimate of drug-likeness (QED) is 0.915. The van der Waals surface area contributed by atoms with Crippen molar-refractivity contribution in [2.45, 2.75) is 45.6 Å². The number of rotatable bonds is 3. The molecule has 2 aliphatic rings. The Bertz CT molecular complexity index is 523. The minimum Gasteiger partial charge on any atom is -0.338 e. The van der Waals surface area contributed by atoms with E-state index in [9.17, 15) is 4.79 Å². The number of carbonyl (C=O) groups is 1. The predicted molar refractivity (Wildman–Crippen MR) is 80.8 cm³/mol. The summed E-state index contributed by atoms with van der Waals surface area (Å²) in [6.07, 6.45) is 4.54. The Hall–Kier alpha value is -1.49. The zero-order chi connectivity index (χ0) is 14.8. The standard InChI is InChI=1S/C16H24N4O/c1-11(2)7-15(21)20-6-4-14-13(10-20)9-18-16(19-14)12-3-5-17-8-12/h9,11-12,17H,3-8,10H2,1-2H3/t12-/m1/s1. The molecule has 1 amide bonds. The van der Waals surface area contributed by atoms with Crippen LogP contribution in [-0.2, 0) is 17.8 Å². The van der Waals surface area contributed by atoms with Gasteiger partial charge in [0.2, 0.25) is 5.91 Å². The highest BCUT2D eigenvalue weighted by Crippen LogP contribution is 2.23. The molecule has 0 radical (unpaired) electrons. The summed E-state index contributed by atoms with van der Waals surface area (Å²) in [6.45, 7) is 7.67.